The average molecular weight is 328 g/mol. The Morgan fingerprint density at radius 2 is 1.90 bits per heavy atom. The third-order valence-electron chi connectivity index (χ3n) is 2.77. The van der Waals surface area contributed by atoms with Crippen LogP contribution < -0.4 is 20.9 Å². The molecule has 0 spiro atoms. The largest absolute Gasteiger partial charge is 0.497 e. The summed E-state index contributed by atoms with van der Waals surface area (Å²) in [6.07, 6.45) is 0. The lowest BCUT2D eigenvalue weighted by Gasteiger charge is -2.12. The minimum Gasteiger partial charge on any atom is -0.497 e. The lowest BCUT2D eigenvalue weighted by atomic mass is 10.2. The number of anilines is 3. The average Bonchev–Trinajstić information content (AvgIpc) is 2.40. The first-order chi connectivity index (χ1) is 9.81. The monoisotopic (exact) mass is 327 g/mol. The predicted molar refractivity (Wildman–Crippen MR) is 83.5 cm³/mol. The van der Waals surface area contributed by atoms with Crippen molar-refractivity contribution >= 4 is 38.7 Å². The summed E-state index contributed by atoms with van der Waals surface area (Å²) >= 11 is 6.08. The molecule has 0 aliphatic carbocycles. The van der Waals surface area contributed by atoms with Gasteiger partial charge in [0.2, 0.25) is 10.0 Å². The van der Waals surface area contributed by atoms with Crippen LogP contribution in [-0.2, 0) is 10.0 Å². The number of sulfonamides is 1. The van der Waals surface area contributed by atoms with Gasteiger partial charge in [0.25, 0.3) is 0 Å². The lowest BCUT2D eigenvalue weighted by molar-refractivity contribution is 0.415. The van der Waals surface area contributed by atoms with E-state index in [1.807, 2.05) is 0 Å². The Hall–Kier alpha value is -1.96. The quantitative estimate of drug-likeness (QED) is 0.747. The van der Waals surface area contributed by atoms with Gasteiger partial charge in [-0.15, -0.1) is 0 Å². The van der Waals surface area contributed by atoms with Gasteiger partial charge in [0.15, 0.2) is 0 Å². The minimum atomic E-state index is -3.84. The molecular formula is C13H14ClN3O3S. The van der Waals surface area contributed by atoms with Crippen LogP contribution in [0.25, 0.3) is 0 Å². The van der Waals surface area contributed by atoms with Crippen LogP contribution in [0.1, 0.15) is 0 Å². The Labute approximate surface area is 127 Å². The molecule has 0 unspecified atom stereocenters. The normalized spacial score (nSPS) is 11.2. The highest BCUT2D eigenvalue weighted by atomic mass is 35.5. The summed E-state index contributed by atoms with van der Waals surface area (Å²) in [5, 5.41) is 8.59. The molecular weight excluding hydrogens is 314 g/mol. The molecule has 0 heterocycles. The van der Waals surface area contributed by atoms with Gasteiger partial charge in [0.1, 0.15) is 10.6 Å². The van der Waals surface area contributed by atoms with Crippen LogP contribution in [0, 0.1) is 0 Å². The van der Waals surface area contributed by atoms with Crippen molar-refractivity contribution in [3.05, 3.63) is 41.4 Å². The standard InChI is InChI=1S/C13H14ClN3O3S/c1-20-9-3-4-10(14)12(7-9)17-8-2-5-13(11(15)6-8)21(16,18)19/h2-7,17H,15H2,1H3,(H2,16,18,19). The molecule has 8 heteroatoms. The number of primary sulfonamides is 1. The fraction of sp³-hybridized carbons (Fsp3) is 0.0769. The van der Waals surface area contributed by atoms with Gasteiger partial charge >= 0.3 is 0 Å². The third kappa shape index (κ3) is 3.57. The van der Waals surface area contributed by atoms with Gasteiger partial charge in [-0.25, -0.2) is 13.6 Å². The van der Waals surface area contributed by atoms with E-state index in [4.69, 9.17) is 27.2 Å². The van der Waals surface area contributed by atoms with Crippen LogP contribution in [-0.4, -0.2) is 15.5 Å². The molecule has 2 aromatic carbocycles. The number of nitrogens with one attached hydrogen (secondary N) is 1. The molecule has 112 valence electrons. The van der Waals surface area contributed by atoms with E-state index >= 15 is 0 Å². The Morgan fingerprint density at radius 1 is 1.19 bits per heavy atom. The van der Waals surface area contributed by atoms with Crippen molar-refractivity contribution in [1.29, 1.82) is 0 Å². The SMILES string of the molecule is COc1ccc(Cl)c(Nc2ccc(S(N)(=O)=O)c(N)c2)c1. The highest BCUT2D eigenvalue weighted by molar-refractivity contribution is 7.89. The van der Waals surface area contributed by atoms with Gasteiger partial charge in [-0.1, -0.05) is 11.6 Å². The zero-order valence-corrected chi connectivity index (χ0v) is 12.7. The van der Waals surface area contributed by atoms with Gasteiger partial charge in [-0.05, 0) is 30.3 Å². The number of nitrogen functional groups attached to an aromatic ring is 1. The van der Waals surface area contributed by atoms with E-state index in [9.17, 15) is 8.42 Å². The summed E-state index contributed by atoms with van der Waals surface area (Å²) in [7, 11) is -2.29. The van der Waals surface area contributed by atoms with Crippen molar-refractivity contribution in [3.63, 3.8) is 0 Å². The summed E-state index contributed by atoms with van der Waals surface area (Å²) in [6.45, 7) is 0. The summed E-state index contributed by atoms with van der Waals surface area (Å²) in [5.74, 6) is 0.635. The second-order valence-electron chi connectivity index (χ2n) is 4.27. The van der Waals surface area contributed by atoms with Gasteiger partial charge in [0, 0.05) is 11.8 Å². The number of benzene rings is 2. The van der Waals surface area contributed by atoms with Crippen molar-refractivity contribution in [2.24, 2.45) is 5.14 Å². The van der Waals surface area contributed by atoms with Crippen molar-refractivity contribution < 1.29 is 13.2 Å². The molecule has 0 amide bonds. The lowest BCUT2D eigenvalue weighted by Crippen LogP contribution is -2.14. The van der Waals surface area contributed by atoms with Crippen LogP contribution >= 0.6 is 11.6 Å². The zero-order valence-electron chi connectivity index (χ0n) is 11.1. The number of halogens is 1. The molecule has 2 aromatic rings. The molecule has 2 rings (SSSR count). The number of nitrogens with two attached hydrogens (primary N) is 2. The van der Waals surface area contributed by atoms with Gasteiger partial charge < -0.3 is 15.8 Å². The third-order valence-corrected chi connectivity index (χ3v) is 4.08. The summed E-state index contributed by atoms with van der Waals surface area (Å²) < 4.78 is 27.7. The van der Waals surface area contributed by atoms with Crippen LogP contribution in [0.3, 0.4) is 0 Å². The van der Waals surface area contributed by atoms with E-state index in [-0.39, 0.29) is 10.6 Å². The van der Waals surface area contributed by atoms with Gasteiger partial charge in [-0.3, -0.25) is 0 Å². The Balaban J connectivity index is 2.35. The summed E-state index contributed by atoms with van der Waals surface area (Å²) in [4.78, 5) is -0.121. The van der Waals surface area contributed by atoms with E-state index in [0.717, 1.165) is 0 Å². The fourth-order valence-corrected chi connectivity index (χ4v) is 2.58. The highest BCUT2D eigenvalue weighted by Gasteiger charge is 2.12. The smallest absolute Gasteiger partial charge is 0.240 e. The number of ether oxygens (including phenoxy) is 1. The predicted octanol–water partition coefficient (Wildman–Crippen LogP) is 2.32. The van der Waals surface area contributed by atoms with E-state index in [1.54, 1.807) is 31.4 Å². The van der Waals surface area contributed by atoms with Crippen molar-refractivity contribution in [2.45, 2.75) is 4.90 Å². The Kier molecular flexibility index (Phi) is 4.26. The molecule has 5 N–H and O–H groups in total. The molecule has 0 bridgehead atoms. The van der Waals surface area contributed by atoms with Crippen molar-refractivity contribution in [3.8, 4) is 5.75 Å². The molecule has 0 saturated heterocycles. The molecule has 6 nitrogen and oxygen atoms in total. The first-order valence-electron chi connectivity index (χ1n) is 5.84. The maximum Gasteiger partial charge on any atom is 0.240 e. The maximum absolute atomic E-state index is 11.3. The summed E-state index contributed by atoms with van der Waals surface area (Å²) in [6, 6.07) is 9.48. The molecule has 0 saturated carbocycles. The van der Waals surface area contributed by atoms with Gasteiger partial charge in [0.05, 0.1) is 23.5 Å². The van der Waals surface area contributed by atoms with Crippen LogP contribution in [0.5, 0.6) is 5.75 Å². The van der Waals surface area contributed by atoms with E-state index in [0.29, 0.717) is 22.1 Å². The Morgan fingerprint density at radius 3 is 2.48 bits per heavy atom. The Bertz CT molecular complexity index is 778. The number of rotatable bonds is 4. The first-order valence-corrected chi connectivity index (χ1v) is 7.76. The number of methoxy groups -OCH3 is 1. The first kappa shape index (κ1) is 15.4. The molecule has 0 aromatic heterocycles. The van der Waals surface area contributed by atoms with Gasteiger partial charge in [-0.2, -0.15) is 0 Å². The highest BCUT2D eigenvalue weighted by Crippen LogP contribution is 2.31. The van der Waals surface area contributed by atoms with Crippen molar-refractivity contribution in [2.75, 3.05) is 18.2 Å². The number of hydrogen-bond donors (Lipinski definition) is 3. The second kappa shape index (κ2) is 5.80. The van der Waals surface area contributed by atoms with Crippen LogP contribution in [0.15, 0.2) is 41.3 Å². The molecule has 21 heavy (non-hydrogen) atoms. The van der Waals surface area contributed by atoms with Crippen LogP contribution in [0.4, 0.5) is 17.1 Å². The minimum absolute atomic E-state index is 0.0570. The van der Waals surface area contributed by atoms with E-state index < -0.39 is 10.0 Å². The van der Waals surface area contributed by atoms with Crippen LogP contribution in [0.2, 0.25) is 5.02 Å². The summed E-state index contributed by atoms with van der Waals surface area (Å²) in [5.41, 5.74) is 6.94. The topological polar surface area (TPSA) is 107 Å². The van der Waals surface area contributed by atoms with Crippen molar-refractivity contribution in [1.82, 2.24) is 0 Å². The second-order valence-corrected chi connectivity index (χ2v) is 6.21. The maximum atomic E-state index is 11.3. The molecule has 0 atom stereocenters. The number of hydrogen-bond acceptors (Lipinski definition) is 5. The molecule has 0 radical (unpaired) electrons. The molecule has 0 aliphatic rings. The molecule has 0 aliphatic heterocycles. The zero-order chi connectivity index (χ0) is 15.6. The van der Waals surface area contributed by atoms with E-state index in [1.165, 1.54) is 12.1 Å². The fourth-order valence-electron chi connectivity index (χ4n) is 1.77. The van der Waals surface area contributed by atoms with E-state index in [2.05, 4.69) is 5.32 Å². The molecule has 0 fully saturated rings.